The number of ether oxygens (including phenoxy) is 3. The molecule has 1 saturated carbocycles. The van der Waals surface area contributed by atoms with Gasteiger partial charge < -0.3 is 29.5 Å². The zero-order chi connectivity index (χ0) is 26.6. The Kier molecular flexibility index (Phi) is 11.1. The Balaban J connectivity index is 1.60. The monoisotopic (exact) mass is 512 g/mol. The lowest BCUT2D eigenvalue weighted by molar-refractivity contribution is -0.149. The van der Waals surface area contributed by atoms with Gasteiger partial charge in [0, 0.05) is 19.6 Å². The van der Waals surface area contributed by atoms with Crippen molar-refractivity contribution in [3.8, 4) is 11.5 Å². The summed E-state index contributed by atoms with van der Waals surface area (Å²) < 4.78 is 16.7. The van der Waals surface area contributed by atoms with E-state index in [1.807, 2.05) is 54.3 Å². The molecule has 0 bridgehead atoms. The number of hydrogen-bond acceptors (Lipinski definition) is 5. The number of carboxylic acids is 1. The third-order valence-corrected chi connectivity index (χ3v) is 6.70. The molecule has 8 nitrogen and oxygen atoms in total. The molecule has 0 spiro atoms. The van der Waals surface area contributed by atoms with E-state index in [-0.39, 0.29) is 6.03 Å². The molecule has 1 atom stereocenters. The fourth-order valence-corrected chi connectivity index (χ4v) is 4.70. The molecule has 0 aliphatic heterocycles. The summed E-state index contributed by atoms with van der Waals surface area (Å²) in [6.07, 6.45) is 5.39. The fraction of sp³-hybridized carbons (Fsp3) is 0.517. The smallest absolute Gasteiger partial charge is 0.333 e. The summed E-state index contributed by atoms with van der Waals surface area (Å²) in [6, 6.07) is 12.9. The van der Waals surface area contributed by atoms with Crippen LogP contribution in [0.5, 0.6) is 11.5 Å². The zero-order valence-electron chi connectivity index (χ0n) is 22.2. The van der Waals surface area contributed by atoms with Crippen LogP contribution in [0.1, 0.15) is 50.2 Å². The number of carboxylic acid groups (broad SMARTS) is 1. The highest BCUT2D eigenvalue weighted by molar-refractivity contribution is 5.91. The van der Waals surface area contributed by atoms with Crippen molar-refractivity contribution in [3.63, 3.8) is 0 Å². The lowest BCUT2D eigenvalue weighted by Gasteiger charge is -2.30. The van der Waals surface area contributed by atoms with Crippen molar-refractivity contribution in [1.29, 1.82) is 0 Å². The average Bonchev–Trinajstić information content (AvgIpc) is 2.89. The normalized spacial score (nSPS) is 14.6. The first-order valence-corrected chi connectivity index (χ1v) is 13.2. The number of nitrogens with one attached hydrogen (secondary N) is 1. The summed E-state index contributed by atoms with van der Waals surface area (Å²) in [7, 11) is 1.60. The van der Waals surface area contributed by atoms with Crippen molar-refractivity contribution in [3.05, 3.63) is 53.6 Å². The molecule has 3 rings (SSSR count). The highest BCUT2D eigenvalue weighted by Gasteiger charge is 2.22. The van der Waals surface area contributed by atoms with Crippen molar-refractivity contribution >= 4 is 17.7 Å². The number of methoxy groups -OCH3 is 1. The molecule has 202 valence electrons. The SMILES string of the molecule is CCOC(Cc1ccc(OCCN(CC2CCCCC2)C(=O)Nc2cc(C)ccc2OC)cc1)C(=O)O. The van der Waals surface area contributed by atoms with Gasteiger partial charge >= 0.3 is 12.0 Å². The number of hydrogen-bond donors (Lipinski definition) is 2. The van der Waals surface area contributed by atoms with Gasteiger partial charge in [0.15, 0.2) is 6.10 Å². The minimum atomic E-state index is -0.971. The minimum Gasteiger partial charge on any atom is -0.495 e. The number of anilines is 1. The molecule has 1 aliphatic carbocycles. The molecule has 37 heavy (non-hydrogen) atoms. The van der Waals surface area contributed by atoms with Gasteiger partial charge in [0.05, 0.1) is 19.3 Å². The second-order valence-electron chi connectivity index (χ2n) is 9.56. The summed E-state index contributed by atoms with van der Waals surface area (Å²) in [4.78, 5) is 26.5. The van der Waals surface area contributed by atoms with Crippen LogP contribution in [-0.2, 0) is 16.0 Å². The minimum absolute atomic E-state index is 0.163. The Labute approximate surface area is 219 Å². The molecule has 2 amide bonds. The standard InChI is InChI=1S/C29H40N2O6/c1-4-36-27(28(32)33)19-22-11-13-24(14-12-22)37-17-16-31(20-23-8-6-5-7-9-23)29(34)30-25-18-21(2)10-15-26(25)35-3/h10-15,18,23,27H,4-9,16-17,19-20H2,1-3H3,(H,30,34)(H,32,33). The Morgan fingerprint density at radius 2 is 1.84 bits per heavy atom. The van der Waals surface area contributed by atoms with Crippen LogP contribution in [0, 0.1) is 12.8 Å². The van der Waals surface area contributed by atoms with Gasteiger partial charge in [-0.05, 0) is 68.0 Å². The quantitative estimate of drug-likeness (QED) is 0.366. The molecular formula is C29H40N2O6. The first kappa shape index (κ1) is 28.3. The van der Waals surface area contributed by atoms with E-state index < -0.39 is 12.1 Å². The van der Waals surface area contributed by atoms with E-state index in [0.29, 0.717) is 55.8 Å². The molecule has 0 saturated heterocycles. The van der Waals surface area contributed by atoms with E-state index in [9.17, 15) is 14.7 Å². The van der Waals surface area contributed by atoms with Gasteiger partial charge in [0.25, 0.3) is 0 Å². The van der Waals surface area contributed by atoms with Crippen LogP contribution in [0.15, 0.2) is 42.5 Å². The summed E-state index contributed by atoms with van der Waals surface area (Å²) in [5.41, 5.74) is 2.56. The molecule has 2 aromatic rings. The molecule has 0 heterocycles. The second-order valence-corrected chi connectivity index (χ2v) is 9.56. The van der Waals surface area contributed by atoms with Crippen molar-refractivity contribution in [2.24, 2.45) is 5.92 Å². The number of carbonyl (C=O) groups is 2. The number of urea groups is 1. The Morgan fingerprint density at radius 3 is 2.49 bits per heavy atom. The lowest BCUT2D eigenvalue weighted by Crippen LogP contribution is -2.41. The van der Waals surface area contributed by atoms with E-state index in [2.05, 4.69) is 5.32 Å². The van der Waals surface area contributed by atoms with E-state index >= 15 is 0 Å². The zero-order valence-corrected chi connectivity index (χ0v) is 22.2. The highest BCUT2D eigenvalue weighted by Crippen LogP contribution is 2.27. The van der Waals surface area contributed by atoms with Crippen LogP contribution in [-0.4, -0.2) is 61.5 Å². The van der Waals surface area contributed by atoms with Gasteiger partial charge in [-0.2, -0.15) is 0 Å². The summed E-state index contributed by atoms with van der Waals surface area (Å²) in [5, 5.41) is 12.3. The Morgan fingerprint density at radius 1 is 1.11 bits per heavy atom. The number of nitrogens with zero attached hydrogens (tertiary/aromatic N) is 1. The summed E-state index contributed by atoms with van der Waals surface area (Å²) in [5.74, 6) is 0.820. The molecule has 1 fully saturated rings. The predicted molar refractivity (Wildman–Crippen MR) is 144 cm³/mol. The van der Waals surface area contributed by atoms with E-state index in [1.165, 1.54) is 19.3 Å². The lowest BCUT2D eigenvalue weighted by atomic mass is 9.89. The highest BCUT2D eigenvalue weighted by atomic mass is 16.5. The molecule has 2 N–H and O–H groups in total. The molecule has 8 heteroatoms. The van der Waals surface area contributed by atoms with Crippen molar-refractivity contribution < 1.29 is 28.9 Å². The van der Waals surface area contributed by atoms with Crippen LogP contribution in [0.3, 0.4) is 0 Å². The summed E-state index contributed by atoms with van der Waals surface area (Å²) in [6.45, 7) is 5.59. The molecule has 0 aromatic heterocycles. The van der Waals surface area contributed by atoms with E-state index in [0.717, 1.165) is 24.0 Å². The van der Waals surface area contributed by atoms with Crippen LogP contribution >= 0.6 is 0 Å². The van der Waals surface area contributed by atoms with Crippen molar-refractivity contribution in [2.45, 2.75) is 58.5 Å². The van der Waals surface area contributed by atoms with Gasteiger partial charge in [0.2, 0.25) is 0 Å². The van der Waals surface area contributed by atoms with Crippen LogP contribution in [0.4, 0.5) is 10.5 Å². The third-order valence-electron chi connectivity index (χ3n) is 6.70. The molecule has 1 unspecified atom stereocenters. The Hall–Kier alpha value is -3.26. The van der Waals surface area contributed by atoms with Gasteiger partial charge in [-0.3, -0.25) is 0 Å². The molecule has 2 aromatic carbocycles. The van der Waals surface area contributed by atoms with Gasteiger partial charge in [-0.1, -0.05) is 37.5 Å². The topological polar surface area (TPSA) is 97.3 Å². The van der Waals surface area contributed by atoms with Crippen molar-refractivity contribution in [2.75, 3.05) is 38.7 Å². The maximum atomic E-state index is 13.3. The van der Waals surface area contributed by atoms with Crippen molar-refractivity contribution in [1.82, 2.24) is 4.90 Å². The van der Waals surface area contributed by atoms with Crippen LogP contribution in [0.25, 0.3) is 0 Å². The van der Waals surface area contributed by atoms with Gasteiger partial charge in [0.1, 0.15) is 18.1 Å². The second kappa shape index (κ2) is 14.5. The Bertz CT molecular complexity index is 1000. The fourth-order valence-electron chi connectivity index (χ4n) is 4.70. The van der Waals surface area contributed by atoms with Gasteiger partial charge in [-0.25, -0.2) is 9.59 Å². The average molecular weight is 513 g/mol. The number of rotatable bonds is 13. The number of aryl methyl sites for hydroxylation is 1. The maximum Gasteiger partial charge on any atom is 0.333 e. The van der Waals surface area contributed by atoms with E-state index in [1.54, 1.807) is 14.0 Å². The first-order chi connectivity index (χ1) is 17.9. The van der Waals surface area contributed by atoms with Crippen LogP contribution in [0.2, 0.25) is 0 Å². The number of carbonyl (C=O) groups excluding carboxylic acids is 1. The molecular weight excluding hydrogens is 472 g/mol. The molecule has 1 aliphatic rings. The number of amides is 2. The largest absolute Gasteiger partial charge is 0.495 e. The molecule has 0 radical (unpaired) electrons. The van der Waals surface area contributed by atoms with Crippen LogP contribution < -0.4 is 14.8 Å². The third kappa shape index (κ3) is 8.97. The van der Waals surface area contributed by atoms with E-state index in [4.69, 9.17) is 14.2 Å². The number of aliphatic carboxylic acids is 1. The summed E-state index contributed by atoms with van der Waals surface area (Å²) >= 11 is 0. The van der Waals surface area contributed by atoms with Gasteiger partial charge in [-0.15, -0.1) is 0 Å². The first-order valence-electron chi connectivity index (χ1n) is 13.2. The predicted octanol–water partition coefficient (Wildman–Crippen LogP) is 5.53. The number of benzene rings is 2. The maximum absolute atomic E-state index is 13.3.